The van der Waals surface area contributed by atoms with E-state index in [1.807, 2.05) is 0 Å². The second-order valence-corrected chi connectivity index (χ2v) is 3.73. The standard InChI is InChI=1S/C11H14FN3O2.ClH/c1-6-4-7(12)2-3-9(6)15-11(17)8(13)5-10(14)16;/h2-4,8H,5,13H2,1H3,(H2,14,16)(H,15,17);1H. The maximum atomic E-state index is 12.8. The van der Waals surface area contributed by atoms with Gasteiger partial charge >= 0.3 is 0 Å². The second-order valence-electron chi connectivity index (χ2n) is 3.73. The largest absolute Gasteiger partial charge is 0.370 e. The van der Waals surface area contributed by atoms with Gasteiger partial charge in [-0.3, -0.25) is 9.59 Å². The summed E-state index contributed by atoms with van der Waals surface area (Å²) in [7, 11) is 0. The summed E-state index contributed by atoms with van der Waals surface area (Å²) in [5.74, 6) is -1.57. The molecule has 0 spiro atoms. The highest BCUT2D eigenvalue weighted by Crippen LogP contribution is 2.15. The van der Waals surface area contributed by atoms with Gasteiger partial charge in [-0.15, -0.1) is 12.4 Å². The fourth-order valence-corrected chi connectivity index (χ4v) is 1.30. The fourth-order valence-electron chi connectivity index (χ4n) is 1.30. The minimum atomic E-state index is -1.00. The summed E-state index contributed by atoms with van der Waals surface area (Å²) >= 11 is 0. The molecule has 0 heterocycles. The monoisotopic (exact) mass is 275 g/mol. The van der Waals surface area contributed by atoms with E-state index in [2.05, 4.69) is 5.32 Å². The summed E-state index contributed by atoms with van der Waals surface area (Å²) in [6, 6.07) is 2.94. The number of halogens is 2. The molecular formula is C11H15ClFN3O2. The number of amides is 2. The third kappa shape index (κ3) is 4.68. The number of aryl methyl sites for hydroxylation is 1. The summed E-state index contributed by atoms with van der Waals surface area (Å²) in [5.41, 5.74) is 11.4. The molecule has 1 unspecified atom stereocenters. The minimum absolute atomic E-state index is 0. The van der Waals surface area contributed by atoms with Crippen molar-refractivity contribution in [2.24, 2.45) is 11.5 Å². The van der Waals surface area contributed by atoms with E-state index in [0.717, 1.165) is 0 Å². The number of nitrogens with two attached hydrogens (primary N) is 2. The Bertz CT molecular complexity index is 454. The van der Waals surface area contributed by atoms with Crippen molar-refractivity contribution in [3.63, 3.8) is 0 Å². The highest BCUT2D eigenvalue weighted by Gasteiger charge is 2.16. The molecule has 1 rings (SSSR count). The van der Waals surface area contributed by atoms with E-state index in [1.54, 1.807) is 6.92 Å². The van der Waals surface area contributed by atoms with Gasteiger partial charge in [0.15, 0.2) is 0 Å². The maximum absolute atomic E-state index is 12.8. The number of rotatable bonds is 4. The van der Waals surface area contributed by atoms with Gasteiger partial charge in [-0.2, -0.15) is 0 Å². The van der Waals surface area contributed by atoms with Crippen molar-refractivity contribution in [1.29, 1.82) is 0 Å². The first-order valence-corrected chi connectivity index (χ1v) is 5.01. The number of anilines is 1. The normalized spacial score (nSPS) is 11.3. The lowest BCUT2D eigenvalue weighted by Crippen LogP contribution is -2.39. The number of carbonyl (C=O) groups excluding carboxylic acids is 2. The lowest BCUT2D eigenvalue weighted by atomic mass is 10.1. The van der Waals surface area contributed by atoms with Crippen molar-refractivity contribution in [2.45, 2.75) is 19.4 Å². The summed E-state index contributed by atoms with van der Waals surface area (Å²) < 4.78 is 12.8. The van der Waals surface area contributed by atoms with Gasteiger partial charge in [0.05, 0.1) is 12.5 Å². The second kappa shape index (κ2) is 6.93. The van der Waals surface area contributed by atoms with Gasteiger partial charge in [-0.1, -0.05) is 0 Å². The first-order valence-electron chi connectivity index (χ1n) is 5.01. The lowest BCUT2D eigenvalue weighted by Gasteiger charge is -2.12. The first kappa shape index (κ1) is 16.3. The molecule has 0 aliphatic heterocycles. The van der Waals surface area contributed by atoms with Crippen molar-refractivity contribution in [2.75, 3.05) is 5.32 Å². The summed E-state index contributed by atoms with van der Waals surface area (Å²) in [4.78, 5) is 22.1. The fraction of sp³-hybridized carbons (Fsp3) is 0.273. The third-order valence-electron chi connectivity index (χ3n) is 2.20. The van der Waals surface area contributed by atoms with Crippen LogP contribution in [0.2, 0.25) is 0 Å². The van der Waals surface area contributed by atoms with E-state index in [9.17, 15) is 14.0 Å². The maximum Gasteiger partial charge on any atom is 0.241 e. The molecule has 0 saturated heterocycles. The molecule has 18 heavy (non-hydrogen) atoms. The molecule has 5 N–H and O–H groups in total. The van der Waals surface area contributed by atoms with E-state index < -0.39 is 17.9 Å². The summed E-state index contributed by atoms with van der Waals surface area (Å²) in [6.07, 6.45) is -0.230. The zero-order chi connectivity index (χ0) is 13.0. The first-order chi connectivity index (χ1) is 7.90. The molecule has 0 aliphatic carbocycles. The summed E-state index contributed by atoms with van der Waals surface area (Å²) in [6.45, 7) is 1.65. The SMILES string of the molecule is Cc1cc(F)ccc1NC(=O)C(N)CC(N)=O.Cl. The van der Waals surface area contributed by atoms with E-state index in [0.29, 0.717) is 11.3 Å². The van der Waals surface area contributed by atoms with Crippen LogP contribution in [-0.2, 0) is 9.59 Å². The van der Waals surface area contributed by atoms with Gasteiger partial charge in [0.2, 0.25) is 11.8 Å². The summed E-state index contributed by atoms with van der Waals surface area (Å²) in [5, 5.41) is 2.50. The highest BCUT2D eigenvalue weighted by atomic mass is 35.5. The molecule has 0 fully saturated rings. The molecular weight excluding hydrogens is 261 g/mol. The molecule has 5 nitrogen and oxygen atoms in total. The van der Waals surface area contributed by atoms with Crippen LogP contribution in [-0.4, -0.2) is 17.9 Å². The van der Waals surface area contributed by atoms with E-state index in [-0.39, 0.29) is 24.6 Å². The van der Waals surface area contributed by atoms with E-state index in [1.165, 1.54) is 18.2 Å². The van der Waals surface area contributed by atoms with Gasteiger partial charge in [-0.05, 0) is 30.7 Å². The Kier molecular flexibility index (Phi) is 6.29. The highest BCUT2D eigenvalue weighted by molar-refractivity contribution is 5.97. The Hall–Kier alpha value is -1.66. The Labute approximate surface area is 110 Å². The molecule has 1 atom stereocenters. The lowest BCUT2D eigenvalue weighted by molar-refractivity contribution is -0.123. The molecule has 1 aromatic rings. The topological polar surface area (TPSA) is 98.2 Å². The molecule has 2 amide bonds. The van der Waals surface area contributed by atoms with Crippen molar-refractivity contribution >= 4 is 29.9 Å². The third-order valence-corrected chi connectivity index (χ3v) is 2.20. The van der Waals surface area contributed by atoms with E-state index >= 15 is 0 Å². The molecule has 1 aromatic carbocycles. The predicted molar refractivity (Wildman–Crippen MR) is 68.8 cm³/mol. The van der Waals surface area contributed by atoms with Gasteiger partial charge in [-0.25, -0.2) is 4.39 Å². The van der Waals surface area contributed by atoms with Crippen molar-refractivity contribution < 1.29 is 14.0 Å². The van der Waals surface area contributed by atoms with Gasteiger partial charge < -0.3 is 16.8 Å². The molecule has 0 bridgehead atoms. The Morgan fingerprint density at radius 1 is 1.44 bits per heavy atom. The molecule has 0 aliphatic rings. The Morgan fingerprint density at radius 2 is 2.06 bits per heavy atom. The van der Waals surface area contributed by atoms with Crippen LogP contribution in [0.15, 0.2) is 18.2 Å². The minimum Gasteiger partial charge on any atom is -0.370 e. The number of hydrogen-bond donors (Lipinski definition) is 3. The van der Waals surface area contributed by atoms with Crippen molar-refractivity contribution in [1.82, 2.24) is 0 Å². The van der Waals surface area contributed by atoms with Gasteiger partial charge in [0, 0.05) is 5.69 Å². The average Bonchev–Trinajstić information content (AvgIpc) is 2.21. The van der Waals surface area contributed by atoms with Crippen LogP contribution >= 0.6 is 12.4 Å². The van der Waals surface area contributed by atoms with Crippen LogP contribution < -0.4 is 16.8 Å². The molecule has 7 heteroatoms. The van der Waals surface area contributed by atoms with Crippen LogP contribution in [0, 0.1) is 12.7 Å². The van der Waals surface area contributed by atoms with Gasteiger partial charge in [0.25, 0.3) is 0 Å². The molecule has 0 radical (unpaired) electrons. The smallest absolute Gasteiger partial charge is 0.241 e. The van der Waals surface area contributed by atoms with Crippen LogP contribution in [0.4, 0.5) is 10.1 Å². The molecule has 100 valence electrons. The zero-order valence-electron chi connectivity index (χ0n) is 9.77. The average molecular weight is 276 g/mol. The number of primary amides is 1. The Morgan fingerprint density at radius 3 is 2.56 bits per heavy atom. The van der Waals surface area contributed by atoms with Gasteiger partial charge in [0.1, 0.15) is 5.82 Å². The van der Waals surface area contributed by atoms with E-state index in [4.69, 9.17) is 11.5 Å². The number of carbonyl (C=O) groups is 2. The molecule has 0 aromatic heterocycles. The predicted octanol–water partition coefficient (Wildman–Crippen LogP) is 0.697. The van der Waals surface area contributed by atoms with Crippen LogP contribution in [0.1, 0.15) is 12.0 Å². The zero-order valence-corrected chi connectivity index (χ0v) is 10.6. The number of benzene rings is 1. The number of hydrogen-bond acceptors (Lipinski definition) is 3. The molecule has 0 saturated carbocycles. The Balaban J connectivity index is 0.00000289. The van der Waals surface area contributed by atoms with Crippen LogP contribution in [0.5, 0.6) is 0 Å². The van der Waals surface area contributed by atoms with Crippen LogP contribution in [0.3, 0.4) is 0 Å². The quantitative estimate of drug-likeness (QED) is 0.754. The van der Waals surface area contributed by atoms with Crippen LogP contribution in [0.25, 0.3) is 0 Å². The van der Waals surface area contributed by atoms with Crippen molar-refractivity contribution in [3.8, 4) is 0 Å². The number of nitrogens with one attached hydrogen (secondary N) is 1. The van der Waals surface area contributed by atoms with Crippen molar-refractivity contribution in [3.05, 3.63) is 29.6 Å².